The van der Waals surface area contributed by atoms with Gasteiger partial charge in [-0.15, -0.1) is 16.4 Å². The molecule has 1 amide bonds. The Morgan fingerprint density at radius 2 is 2.37 bits per heavy atom. The highest BCUT2D eigenvalue weighted by Gasteiger charge is 2.28. The number of hydrogen-bond acceptors (Lipinski definition) is 5. The lowest BCUT2D eigenvalue weighted by Crippen LogP contribution is -2.26. The molecule has 0 unspecified atom stereocenters. The number of nitrogens with zero attached hydrogens (tertiary/aromatic N) is 4. The van der Waals surface area contributed by atoms with Gasteiger partial charge in [0.05, 0.1) is 11.6 Å². The van der Waals surface area contributed by atoms with E-state index in [2.05, 4.69) is 20.2 Å². The molecular formula is C12H15N5OS. The van der Waals surface area contributed by atoms with Crippen LogP contribution >= 0.6 is 11.3 Å². The molecule has 0 aliphatic heterocycles. The van der Waals surface area contributed by atoms with Crippen LogP contribution in [0.15, 0.2) is 6.20 Å². The largest absolute Gasteiger partial charge is 0.334 e. The number of H-pyrrole nitrogens is 1. The Hall–Kier alpha value is -1.76. The number of amides is 1. The van der Waals surface area contributed by atoms with Gasteiger partial charge >= 0.3 is 0 Å². The summed E-state index contributed by atoms with van der Waals surface area (Å²) in [7, 11) is 1.75. The summed E-state index contributed by atoms with van der Waals surface area (Å²) in [4.78, 5) is 23.3. The van der Waals surface area contributed by atoms with E-state index in [1.165, 1.54) is 0 Å². The van der Waals surface area contributed by atoms with Gasteiger partial charge in [-0.2, -0.15) is 0 Å². The summed E-state index contributed by atoms with van der Waals surface area (Å²) < 4.78 is 0. The summed E-state index contributed by atoms with van der Waals surface area (Å²) >= 11 is 1.60. The topological polar surface area (TPSA) is 74.8 Å². The molecule has 1 aliphatic carbocycles. The van der Waals surface area contributed by atoms with Crippen LogP contribution in [-0.2, 0) is 6.54 Å². The molecule has 100 valence electrons. The highest BCUT2D eigenvalue weighted by Crippen LogP contribution is 2.37. The molecule has 0 radical (unpaired) electrons. The van der Waals surface area contributed by atoms with E-state index in [-0.39, 0.29) is 11.7 Å². The van der Waals surface area contributed by atoms with Crippen LogP contribution in [0.4, 0.5) is 0 Å². The molecule has 6 nitrogen and oxygen atoms in total. The van der Waals surface area contributed by atoms with E-state index in [9.17, 15) is 4.79 Å². The Morgan fingerprint density at radius 1 is 1.58 bits per heavy atom. The molecule has 1 saturated carbocycles. The molecule has 0 aromatic carbocycles. The summed E-state index contributed by atoms with van der Waals surface area (Å²) in [5, 5.41) is 7.86. The first-order valence-corrected chi connectivity index (χ1v) is 7.04. The number of aromatic nitrogens is 4. The average Bonchev–Trinajstić information content (AvgIpc) is 2.98. The van der Waals surface area contributed by atoms with E-state index >= 15 is 0 Å². The molecule has 1 N–H and O–H groups in total. The number of rotatable bonds is 4. The zero-order chi connectivity index (χ0) is 13.4. The Labute approximate surface area is 114 Å². The molecule has 1 fully saturated rings. The van der Waals surface area contributed by atoms with Crippen molar-refractivity contribution in [2.45, 2.75) is 32.2 Å². The second-order valence-electron chi connectivity index (χ2n) is 4.83. The van der Waals surface area contributed by atoms with Gasteiger partial charge in [-0.3, -0.25) is 9.89 Å². The maximum absolute atomic E-state index is 12.2. The lowest BCUT2D eigenvalue weighted by atomic mass is 10.4. The minimum atomic E-state index is -0.158. The average molecular weight is 277 g/mol. The molecular weight excluding hydrogens is 262 g/mol. The van der Waals surface area contributed by atoms with Crippen LogP contribution in [0.2, 0.25) is 0 Å². The van der Waals surface area contributed by atoms with Gasteiger partial charge in [0.1, 0.15) is 5.82 Å². The van der Waals surface area contributed by atoms with Crippen molar-refractivity contribution in [3.8, 4) is 0 Å². The second kappa shape index (κ2) is 4.73. The predicted octanol–water partition coefficient (Wildman–Crippen LogP) is 1.72. The predicted molar refractivity (Wildman–Crippen MR) is 71.0 cm³/mol. The molecule has 0 bridgehead atoms. The fourth-order valence-electron chi connectivity index (χ4n) is 1.86. The molecule has 7 heteroatoms. The smallest absolute Gasteiger partial charge is 0.293 e. The van der Waals surface area contributed by atoms with E-state index in [1.807, 2.05) is 6.92 Å². The normalized spacial score (nSPS) is 14.6. The third-order valence-electron chi connectivity index (χ3n) is 3.07. The SMILES string of the molecule is Cc1ncc(CN(C)C(=O)c2n[nH]c(C3CC3)n2)s1. The molecule has 1 aliphatic rings. The first kappa shape index (κ1) is 12.3. The fourth-order valence-corrected chi connectivity index (χ4v) is 2.71. The van der Waals surface area contributed by atoms with Crippen molar-refractivity contribution in [1.29, 1.82) is 0 Å². The number of nitrogens with one attached hydrogen (secondary N) is 1. The van der Waals surface area contributed by atoms with Crippen molar-refractivity contribution in [3.63, 3.8) is 0 Å². The summed E-state index contributed by atoms with van der Waals surface area (Å²) in [5.74, 6) is 1.41. The van der Waals surface area contributed by atoms with Gasteiger partial charge in [-0.05, 0) is 19.8 Å². The molecule has 2 aromatic heterocycles. The zero-order valence-corrected chi connectivity index (χ0v) is 11.7. The lowest BCUT2D eigenvalue weighted by Gasteiger charge is -2.13. The van der Waals surface area contributed by atoms with Gasteiger partial charge in [-0.1, -0.05) is 0 Å². The molecule has 2 heterocycles. The number of hydrogen-bond donors (Lipinski definition) is 1. The molecule has 0 spiro atoms. The van der Waals surface area contributed by atoms with Gasteiger partial charge in [0.15, 0.2) is 0 Å². The fraction of sp³-hybridized carbons (Fsp3) is 0.500. The van der Waals surface area contributed by atoms with Crippen molar-refractivity contribution in [1.82, 2.24) is 25.1 Å². The molecule has 0 saturated heterocycles. The zero-order valence-electron chi connectivity index (χ0n) is 10.9. The molecule has 3 rings (SSSR count). The van der Waals surface area contributed by atoms with E-state index in [0.717, 1.165) is 28.6 Å². The Balaban J connectivity index is 1.67. The maximum Gasteiger partial charge on any atom is 0.293 e. The van der Waals surface area contributed by atoms with Gasteiger partial charge in [0.2, 0.25) is 5.82 Å². The van der Waals surface area contributed by atoms with Crippen LogP contribution in [0, 0.1) is 6.92 Å². The van der Waals surface area contributed by atoms with Crippen LogP contribution in [-0.4, -0.2) is 38.0 Å². The van der Waals surface area contributed by atoms with Crippen molar-refractivity contribution < 1.29 is 4.79 Å². The van der Waals surface area contributed by atoms with E-state index < -0.39 is 0 Å². The van der Waals surface area contributed by atoms with Crippen LogP contribution in [0.5, 0.6) is 0 Å². The molecule has 19 heavy (non-hydrogen) atoms. The Kier molecular flexibility index (Phi) is 3.06. The van der Waals surface area contributed by atoms with Gasteiger partial charge in [0, 0.05) is 24.0 Å². The van der Waals surface area contributed by atoms with Crippen molar-refractivity contribution >= 4 is 17.2 Å². The number of carbonyl (C=O) groups is 1. The standard InChI is InChI=1S/C12H15N5OS/c1-7-13-5-9(19-7)6-17(2)12(18)11-14-10(15-16-11)8-3-4-8/h5,8H,3-4,6H2,1-2H3,(H,14,15,16). The van der Waals surface area contributed by atoms with Crippen LogP contribution in [0.1, 0.15) is 45.1 Å². The monoisotopic (exact) mass is 277 g/mol. The first-order valence-electron chi connectivity index (χ1n) is 6.22. The first-order chi connectivity index (χ1) is 9.13. The molecule has 2 aromatic rings. The van der Waals surface area contributed by atoms with Gasteiger partial charge in [-0.25, -0.2) is 9.97 Å². The number of aryl methyl sites for hydroxylation is 1. The van der Waals surface area contributed by atoms with Crippen LogP contribution in [0.3, 0.4) is 0 Å². The van der Waals surface area contributed by atoms with Crippen molar-refractivity contribution in [2.24, 2.45) is 0 Å². The third kappa shape index (κ3) is 2.65. The van der Waals surface area contributed by atoms with E-state index in [0.29, 0.717) is 12.5 Å². The minimum absolute atomic E-state index is 0.158. The van der Waals surface area contributed by atoms with Crippen molar-refractivity contribution in [3.05, 3.63) is 27.7 Å². The highest BCUT2D eigenvalue weighted by molar-refractivity contribution is 7.11. The van der Waals surface area contributed by atoms with Crippen LogP contribution in [0.25, 0.3) is 0 Å². The van der Waals surface area contributed by atoms with Gasteiger partial charge < -0.3 is 4.90 Å². The summed E-state index contributed by atoms with van der Waals surface area (Å²) in [6.45, 7) is 2.49. The van der Waals surface area contributed by atoms with Crippen LogP contribution < -0.4 is 0 Å². The number of carbonyl (C=O) groups excluding carboxylic acids is 1. The maximum atomic E-state index is 12.2. The molecule has 0 atom stereocenters. The minimum Gasteiger partial charge on any atom is -0.334 e. The lowest BCUT2D eigenvalue weighted by molar-refractivity contribution is 0.0774. The van der Waals surface area contributed by atoms with Gasteiger partial charge in [0.25, 0.3) is 5.91 Å². The third-order valence-corrected chi connectivity index (χ3v) is 3.96. The number of thiazole rings is 1. The Morgan fingerprint density at radius 3 is 3.00 bits per heavy atom. The van der Waals surface area contributed by atoms with E-state index in [1.54, 1.807) is 29.5 Å². The summed E-state index contributed by atoms with van der Waals surface area (Å²) in [6.07, 6.45) is 4.08. The second-order valence-corrected chi connectivity index (χ2v) is 6.14. The summed E-state index contributed by atoms with van der Waals surface area (Å²) in [5.41, 5.74) is 0. The Bertz CT molecular complexity index is 601. The quantitative estimate of drug-likeness (QED) is 0.923. The number of aromatic amines is 1. The highest BCUT2D eigenvalue weighted by atomic mass is 32.1. The van der Waals surface area contributed by atoms with Crippen molar-refractivity contribution in [2.75, 3.05) is 7.05 Å². The van der Waals surface area contributed by atoms with E-state index in [4.69, 9.17) is 0 Å². The summed E-state index contributed by atoms with van der Waals surface area (Å²) in [6, 6.07) is 0.